The van der Waals surface area contributed by atoms with E-state index in [4.69, 9.17) is 30.5 Å². The maximum atomic E-state index is 5.97. The molecule has 35 heavy (non-hydrogen) atoms. The lowest BCUT2D eigenvalue weighted by Crippen LogP contribution is -2.09. The van der Waals surface area contributed by atoms with Crippen molar-refractivity contribution in [3.05, 3.63) is 94.6 Å². The van der Waals surface area contributed by atoms with E-state index in [1.807, 2.05) is 53.1 Å². The van der Waals surface area contributed by atoms with Crippen molar-refractivity contribution in [1.82, 2.24) is 19.7 Å². The molecule has 0 aliphatic carbocycles. The molecule has 0 unspecified atom stereocenters. The summed E-state index contributed by atoms with van der Waals surface area (Å²) in [6, 6.07) is 18.9. The van der Waals surface area contributed by atoms with E-state index in [0.29, 0.717) is 28.9 Å². The molecule has 0 saturated heterocycles. The molecule has 3 heterocycles. The molecule has 10 heteroatoms. The Hall–Kier alpha value is -3.27. The normalized spacial score (nSPS) is 11.0. The van der Waals surface area contributed by atoms with E-state index in [0.717, 1.165) is 32.9 Å². The minimum atomic E-state index is 0.270. The van der Waals surface area contributed by atoms with E-state index >= 15 is 0 Å². The summed E-state index contributed by atoms with van der Waals surface area (Å²) in [7, 11) is 1.66. The van der Waals surface area contributed by atoms with Crippen LogP contribution in [0.25, 0.3) is 10.6 Å². The third-order valence-corrected chi connectivity index (χ3v) is 7.28. The topological polar surface area (TPSA) is 75.2 Å². The molecule has 0 aliphatic heterocycles. The van der Waals surface area contributed by atoms with Crippen LogP contribution >= 0.6 is 34.7 Å². The Balaban J connectivity index is 1.30. The van der Waals surface area contributed by atoms with E-state index in [1.54, 1.807) is 48.6 Å². The highest BCUT2D eigenvalue weighted by Crippen LogP contribution is 2.30. The van der Waals surface area contributed by atoms with Crippen LogP contribution in [0.15, 0.2) is 81.9 Å². The number of rotatable bonds is 10. The quantitative estimate of drug-likeness (QED) is 0.191. The van der Waals surface area contributed by atoms with Crippen molar-refractivity contribution in [3.63, 3.8) is 0 Å². The first-order valence-corrected chi connectivity index (χ1v) is 13.0. The van der Waals surface area contributed by atoms with Crippen molar-refractivity contribution in [2.24, 2.45) is 0 Å². The minimum Gasteiger partial charge on any atom is -0.497 e. The van der Waals surface area contributed by atoms with Gasteiger partial charge in [0, 0.05) is 21.7 Å². The zero-order valence-electron chi connectivity index (χ0n) is 18.8. The molecule has 0 spiro atoms. The molecule has 0 amide bonds. The number of thioether (sulfide) groups is 1. The molecule has 3 aromatic heterocycles. The highest BCUT2D eigenvalue weighted by Gasteiger charge is 2.16. The molecule has 0 N–H and O–H groups in total. The third kappa shape index (κ3) is 5.87. The SMILES string of the molecule is COc1cccc(-c2nc(CSc3nnc(COc4ccc(Cl)cc4)n3Cc3ccco3)cs2)c1. The summed E-state index contributed by atoms with van der Waals surface area (Å²) < 4.78 is 18.8. The van der Waals surface area contributed by atoms with E-state index in [1.165, 1.54) is 0 Å². The number of nitrogens with zero attached hydrogens (tertiary/aromatic N) is 4. The molecule has 0 fully saturated rings. The molecule has 5 aromatic rings. The number of furan rings is 1. The first-order chi connectivity index (χ1) is 17.2. The van der Waals surface area contributed by atoms with Crippen LogP contribution in [0.4, 0.5) is 0 Å². The van der Waals surface area contributed by atoms with Crippen LogP contribution in [-0.4, -0.2) is 26.9 Å². The Morgan fingerprint density at radius 3 is 2.74 bits per heavy atom. The van der Waals surface area contributed by atoms with Gasteiger partial charge in [-0.2, -0.15) is 0 Å². The van der Waals surface area contributed by atoms with E-state index < -0.39 is 0 Å². The van der Waals surface area contributed by atoms with Gasteiger partial charge in [-0.05, 0) is 48.5 Å². The summed E-state index contributed by atoms with van der Waals surface area (Å²) in [6.07, 6.45) is 1.66. The van der Waals surface area contributed by atoms with Gasteiger partial charge in [-0.1, -0.05) is 35.5 Å². The van der Waals surface area contributed by atoms with Crippen molar-refractivity contribution in [2.75, 3.05) is 7.11 Å². The lowest BCUT2D eigenvalue weighted by Gasteiger charge is -2.10. The van der Waals surface area contributed by atoms with Crippen molar-refractivity contribution in [3.8, 4) is 22.1 Å². The monoisotopic (exact) mass is 524 g/mol. The predicted molar refractivity (Wildman–Crippen MR) is 137 cm³/mol. The maximum absolute atomic E-state index is 5.97. The molecule has 2 aromatic carbocycles. The molecule has 0 aliphatic rings. The molecular weight excluding hydrogens is 504 g/mol. The molecule has 0 atom stereocenters. The van der Waals surface area contributed by atoms with Crippen LogP contribution in [-0.2, 0) is 18.9 Å². The second-order valence-corrected chi connectivity index (χ2v) is 9.71. The van der Waals surface area contributed by atoms with E-state index in [9.17, 15) is 0 Å². The maximum Gasteiger partial charge on any atom is 0.192 e. The predicted octanol–water partition coefficient (Wildman–Crippen LogP) is 6.58. The van der Waals surface area contributed by atoms with Gasteiger partial charge in [-0.3, -0.25) is 4.57 Å². The van der Waals surface area contributed by atoms with Gasteiger partial charge in [-0.15, -0.1) is 21.5 Å². The van der Waals surface area contributed by atoms with Crippen LogP contribution < -0.4 is 9.47 Å². The van der Waals surface area contributed by atoms with Gasteiger partial charge in [-0.25, -0.2) is 4.98 Å². The Kier molecular flexibility index (Phi) is 7.37. The van der Waals surface area contributed by atoms with Crippen LogP contribution in [0, 0.1) is 0 Å². The Morgan fingerprint density at radius 2 is 1.94 bits per heavy atom. The number of halogens is 1. The largest absolute Gasteiger partial charge is 0.497 e. The van der Waals surface area contributed by atoms with Gasteiger partial charge in [0.05, 0.1) is 25.6 Å². The zero-order chi connectivity index (χ0) is 24.0. The summed E-state index contributed by atoms with van der Waals surface area (Å²) in [5, 5.41) is 13.3. The van der Waals surface area contributed by atoms with Gasteiger partial charge < -0.3 is 13.9 Å². The number of benzene rings is 2. The average molecular weight is 525 g/mol. The molecule has 0 bridgehead atoms. The lowest BCUT2D eigenvalue weighted by molar-refractivity contribution is 0.287. The molecule has 5 rings (SSSR count). The second-order valence-electron chi connectivity index (χ2n) is 7.47. The van der Waals surface area contributed by atoms with Crippen LogP contribution in [0.2, 0.25) is 5.02 Å². The Morgan fingerprint density at radius 1 is 1.06 bits per heavy atom. The number of thiazole rings is 1. The highest BCUT2D eigenvalue weighted by atomic mass is 35.5. The van der Waals surface area contributed by atoms with Crippen molar-refractivity contribution >= 4 is 34.7 Å². The average Bonchev–Trinajstić information content (AvgIpc) is 3.65. The van der Waals surface area contributed by atoms with Gasteiger partial charge >= 0.3 is 0 Å². The summed E-state index contributed by atoms with van der Waals surface area (Å²) in [6.45, 7) is 0.778. The summed E-state index contributed by atoms with van der Waals surface area (Å²) in [5.41, 5.74) is 2.01. The first-order valence-electron chi connectivity index (χ1n) is 10.7. The zero-order valence-corrected chi connectivity index (χ0v) is 21.1. The Labute approximate surface area is 215 Å². The van der Waals surface area contributed by atoms with Crippen molar-refractivity contribution in [2.45, 2.75) is 24.1 Å². The van der Waals surface area contributed by atoms with Crippen molar-refractivity contribution < 1.29 is 13.9 Å². The third-order valence-electron chi connectivity index (χ3n) is 5.09. The van der Waals surface area contributed by atoms with Gasteiger partial charge in [0.15, 0.2) is 11.0 Å². The van der Waals surface area contributed by atoms with Gasteiger partial charge in [0.25, 0.3) is 0 Å². The van der Waals surface area contributed by atoms with E-state index in [-0.39, 0.29) is 6.61 Å². The van der Waals surface area contributed by atoms with Gasteiger partial charge in [0.1, 0.15) is 28.9 Å². The van der Waals surface area contributed by atoms with Crippen LogP contribution in [0.3, 0.4) is 0 Å². The van der Waals surface area contributed by atoms with Gasteiger partial charge in [0.2, 0.25) is 0 Å². The van der Waals surface area contributed by atoms with E-state index in [2.05, 4.69) is 15.6 Å². The molecule has 0 radical (unpaired) electrons. The standard InChI is InChI=1S/C25H21ClN4O3S2/c1-31-21-5-2-4-17(12-21)24-27-19(15-34-24)16-35-25-29-28-23(30(25)13-22-6-3-11-32-22)14-33-20-9-7-18(26)8-10-20/h2-12,15H,13-14,16H2,1H3. The Bertz CT molecular complexity index is 1380. The molecule has 7 nitrogen and oxygen atoms in total. The molecular formula is C25H21ClN4O3S2. The van der Waals surface area contributed by atoms with Crippen molar-refractivity contribution in [1.29, 1.82) is 0 Å². The fraction of sp³-hybridized carbons (Fsp3) is 0.160. The molecule has 178 valence electrons. The fourth-order valence-electron chi connectivity index (χ4n) is 3.33. The summed E-state index contributed by atoms with van der Waals surface area (Å²) in [5.74, 6) is 3.70. The highest BCUT2D eigenvalue weighted by molar-refractivity contribution is 7.98. The fourth-order valence-corrected chi connectivity index (χ4v) is 5.23. The summed E-state index contributed by atoms with van der Waals surface area (Å²) in [4.78, 5) is 4.80. The lowest BCUT2D eigenvalue weighted by atomic mass is 10.2. The number of hydrogen-bond donors (Lipinski definition) is 0. The summed E-state index contributed by atoms with van der Waals surface area (Å²) >= 11 is 9.15. The smallest absolute Gasteiger partial charge is 0.192 e. The number of ether oxygens (including phenoxy) is 2. The van der Waals surface area contributed by atoms with Crippen LogP contribution in [0.5, 0.6) is 11.5 Å². The number of methoxy groups -OCH3 is 1. The number of aromatic nitrogens is 4. The molecule has 0 saturated carbocycles. The minimum absolute atomic E-state index is 0.270. The second kappa shape index (κ2) is 11.0. The number of hydrogen-bond acceptors (Lipinski definition) is 8. The van der Waals surface area contributed by atoms with Crippen LogP contribution in [0.1, 0.15) is 17.3 Å². The first kappa shape index (κ1) is 23.5.